The van der Waals surface area contributed by atoms with Gasteiger partial charge in [0.15, 0.2) is 0 Å². The van der Waals surface area contributed by atoms with E-state index < -0.39 is 0 Å². The van der Waals surface area contributed by atoms with Crippen molar-refractivity contribution in [3.8, 4) is 0 Å². The molecule has 0 amide bonds. The maximum atomic E-state index is 6.01. The molecule has 0 saturated heterocycles. The van der Waals surface area contributed by atoms with Crippen molar-refractivity contribution in [2.24, 2.45) is 5.73 Å². The number of unbranched alkanes of at least 4 members (excludes halogenated alkanes) is 2. The molecular formula is C12H21NO. The molecule has 0 radical (unpaired) electrons. The zero-order valence-corrected chi connectivity index (χ0v) is 9.25. The first-order chi connectivity index (χ1) is 6.77. The van der Waals surface area contributed by atoms with E-state index in [1.165, 1.54) is 19.3 Å². The van der Waals surface area contributed by atoms with E-state index >= 15 is 0 Å². The molecule has 2 nitrogen and oxygen atoms in total. The van der Waals surface area contributed by atoms with Crippen molar-refractivity contribution >= 4 is 0 Å². The molecule has 0 aliphatic heterocycles. The standard InChI is InChI=1S/C12H21NO/c1-3-5-6-7-11(13)12-9-8-10(4-2)14-12/h8-9,11H,3-7,13H2,1-2H3/t11-/m1/s1. The van der Waals surface area contributed by atoms with Crippen LogP contribution in [0, 0.1) is 0 Å². The molecule has 1 aromatic rings. The van der Waals surface area contributed by atoms with Crippen molar-refractivity contribution in [2.75, 3.05) is 0 Å². The Morgan fingerprint density at radius 1 is 1.29 bits per heavy atom. The third-order valence-corrected chi connectivity index (χ3v) is 2.52. The van der Waals surface area contributed by atoms with Crippen LogP contribution >= 0.6 is 0 Å². The summed E-state index contributed by atoms with van der Waals surface area (Å²) in [7, 11) is 0. The summed E-state index contributed by atoms with van der Waals surface area (Å²) in [4.78, 5) is 0. The van der Waals surface area contributed by atoms with Crippen LogP contribution in [0.3, 0.4) is 0 Å². The van der Waals surface area contributed by atoms with Gasteiger partial charge in [-0.1, -0.05) is 33.1 Å². The third kappa shape index (κ3) is 3.18. The van der Waals surface area contributed by atoms with Gasteiger partial charge in [0, 0.05) is 6.42 Å². The lowest BCUT2D eigenvalue weighted by Gasteiger charge is -2.07. The normalized spacial score (nSPS) is 13.1. The molecule has 1 heterocycles. The topological polar surface area (TPSA) is 39.2 Å². The number of hydrogen-bond acceptors (Lipinski definition) is 2. The molecule has 1 atom stereocenters. The molecule has 0 bridgehead atoms. The van der Waals surface area contributed by atoms with Crippen molar-refractivity contribution < 1.29 is 4.42 Å². The zero-order valence-electron chi connectivity index (χ0n) is 9.25. The fraction of sp³-hybridized carbons (Fsp3) is 0.667. The Balaban J connectivity index is 2.39. The summed E-state index contributed by atoms with van der Waals surface area (Å²) < 4.78 is 5.60. The van der Waals surface area contributed by atoms with Gasteiger partial charge in [-0.05, 0) is 18.6 Å². The lowest BCUT2D eigenvalue weighted by atomic mass is 10.1. The van der Waals surface area contributed by atoms with Gasteiger partial charge in [-0.2, -0.15) is 0 Å². The van der Waals surface area contributed by atoms with Gasteiger partial charge in [-0.3, -0.25) is 0 Å². The summed E-state index contributed by atoms with van der Waals surface area (Å²) in [5, 5.41) is 0. The second-order valence-corrected chi connectivity index (χ2v) is 3.76. The van der Waals surface area contributed by atoms with E-state index in [0.29, 0.717) is 0 Å². The Hall–Kier alpha value is -0.760. The Morgan fingerprint density at radius 3 is 2.64 bits per heavy atom. The highest BCUT2D eigenvalue weighted by molar-refractivity contribution is 5.10. The van der Waals surface area contributed by atoms with Crippen LogP contribution in [-0.2, 0) is 6.42 Å². The molecular weight excluding hydrogens is 174 g/mol. The van der Waals surface area contributed by atoms with Crippen LogP contribution in [0.25, 0.3) is 0 Å². The van der Waals surface area contributed by atoms with Crippen molar-refractivity contribution in [3.63, 3.8) is 0 Å². The van der Waals surface area contributed by atoms with E-state index in [0.717, 1.165) is 24.4 Å². The molecule has 0 saturated carbocycles. The predicted octanol–water partition coefficient (Wildman–Crippen LogP) is 3.42. The number of hydrogen-bond donors (Lipinski definition) is 1. The quantitative estimate of drug-likeness (QED) is 0.706. The van der Waals surface area contributed by atoms with Crippen molar-refractivity contribution in [1.29, 1.82) is 0 Å². The summed E-state index contributed by atoms with van der Waals surface area (Å²) >= 11 is 0. The molecule has 1 aromatic heterocycles. The maximum absolute atomic E-state index is 6.01. The van der Waals surface area contributed by atoms with Gasteiger partial charge in [0.05, 0.1) is 6.04 Å². The van der Waals surface area contributed by atoms with Gasteiger partial charge in [0.2, 0.25) is 0 Å². The van der Waals surface area contributed by atoms with Gasteiger partial charge in [0.25, 0.3) is 0 Å². The summed E-state index contributed by atoms with van der Waals surface area (Å²) in [6.07, 6.45) is 5.67. The van der Waals surface area contributed by atoms with Crippen LogP contribution in [0.4, 0.5) is 0 Å². The molecule has 1 rings (SSSR count). The second-order valence-electron chi connectivity index (χ2n) is 3.76. The smallest absolute Gasteiger partial charge is 0.120 e. The molecule has 0 unspecified atom stereocenters. The Bertz CT molecular complexity index is 255. The van der Waals surface area contributed by atoms with Crippen LogP contribution < -0.4 is 5.73 Å². The summed E-state index contributed by atoms with van der Waals surface area (Å²) in [5.41, 5.74) is 6.01. The van der Waals surface area contributed by atoms with Crippen molar-refractivity contribution in [3.05, 3.63) is 23.7 Å². The van der Waals surface area contributed by atoms with Crippen LogP contribution in [0.1, 0.15) is 57.1 Å². The molecule has 2 N–H and O–H groups in total. The molecule has 14 heavy (non-hydrogen) atoms. The fourth-order valence-corrected chi connectivity index (χ4v) is 1.54. The van der Waals surface area contributed by atoms with Gasteiger partial charge in [-0.15, -0.1) is 0 Å². The molecule has 80 valence electrons. The fourth-order valence-electron chi connectivity index (χ4n) is 1.54. The van der Waals surface area contributed by atoms with E-state index in [2.05, 4.69) is 13.8 Å². The Morgan fingerprint density at radius 2 is 2.07 bits per heavy atom. The molecule has 0 aliphatic carbocycles. The van der Waals surface area contributed by atoms with E-state index in [9.17, 15) is 0 Å². The average molecular weight is 195 g/mol. The summed E-state index contributed by atoms with van der Waals surface area (Å²) in [6, 6.07) is 4.12. The van der Waals surface area contributed by atoms with Crippen LogP contribution in [0.2, 0.25) is 0 Å². The molecule has 0 aliphatic rings. The lowest BCUT2D eigenvalue weighted by Crippen LogP contribution is -2.08. The largest absolute Gasteiger partial charge is 0.464 e. The monoisotopic (exact) mass is 195 g/mol. The number of aryl methyl sites for hydroxylation is 1. The lowest BCUT2D eigenvalue weighted by molar-refractivity contribution is 0.418. The van der Waals surface area contributed by atoms with E-state index in [1.54, 1.807) is 0 Å². The van der Waals surface area contributed by atoms with Gasteiger partial charge >= 0.3 is 0 Å². The maximum Gasteiger partial charge on any atom is 0.120 e. The van der Waals surface area contributed by atoms with Crippen LogP contribution in [-0.4, -0.2) is 0 Å². The Labute approximate surface area is 86.5 Å². The SMILES string of the molecule is CCCCC[C@@H](N)c1ccc(CC)o1. The minimum atomic E-state index is 0.0850. The number of furan rings is 1. The highest BCUT2D eigenvalue weighted by Crippen LogP contribution is 2.20. The first-order valence-electron chi connectivity index (χ1n) is 5.62. The molecule has 0 spiro atoms. The van der Waals surface area contributed by atoms with Gasteiger partial charge in [-0.25, -0.2) is 0 Å². The first-order valence-corrected chi connectivity index (χ1v) is 5.62. The third-order valence-electron chi connectivity index (χ3n) is 2.52. The summed E-state index contributed by atoms with van der Waals surface area (Å²) in [5.74, 6) is 1.98. The van der Waals surface area contributed by atoms with Crippen LogP contribution in [0.15, 0.2) is 16.5 Å². The summed E-state index contributed by atoms with van der Waals surface area (Å²) in [6.45, 7) is 4.29. The average Bonchev–Trinajstić information content (AvgIpc) is 2.66. The first kappa shape index (κ1) is 11.3. The van der Waals surface area contributed by atoms with Crippen molar-refractivity contribution in [2.45, 2.75) is 52.0 Å². The van der Waals surface area contributed by atoms with E-state index in [-0.39, 0.29) is 6.04 Å². The molecule has 2 heteroatoms. The highest BCUT2D eigenvalue weighted by atomic mass is 16.3. The molecule has 0 aromatic carbocycles. The van der Waals surface area contributed by atoms with E-state index in [1.807, 2.05) is 12.1 Å². The Kier molecular flexibility index (Phi) is 4.74. The minimum Gasteiger partial charge on any atom is -0.464 e. The van der Waals surface area contributed by atoms with E-state index in [4.69, 9.17) is 10.2 Å². The zero-order chi connectivity index (χ0) is 10.4. The van der Waals surface area contributed by atoms with Gasteiger partial charge in [0.1, 0.15) is 11.5 Å². The number of nitrogens with two attached hydrogens (primary N) is 1. The van der Waals surface area contributed by atoms with Crippen LogP contribution in [0.5, 0.6) is 0 Å². The molecule has 0 fully saturated rings. The van der Waals surface area contributed by atoms with Gasteiger partial charge < -0.3 is 10.2 Å². The number of rotatable bonds is 6. The highest BCUT2D eigenvalue weighted by Gasteiger charge is 2.09. The predicted molar refractivity (Wildman–Crippen MR) is 59.2 cm³/mol. The van der Waals surface area contributed by atoms with Crippen molar-refractivity contribution in [1.82, 2.24) is 0 Å². The minimum absolute atomic E-state index is 0.0850. The second kappa shape index (κ2) is 5.86.